The Morgan fingerprint density at radius 3 is 2.81 bits per heavy atom. The number of carbonyl (C=O) groups is 1. The van der Waals surface area contributed by atoms with E-state index in [1.54, 1.807) is 12.1 Å². The van der Waals surface area contributed by atoms with Gasteiger partial charge in [-0.3, -0.25) is 9.78 Å². The minimum atomic E-state index is -0.314. The predicted octanol–water partition coefficient (Wildman–Crippen LogP) is 1.57. The van der Waals surface area contributed by atoms with Gasteiger partial charge in [-0.2, -0.15) is 4.68 Å². The summed E-state index contributed by atoms with van der Waals surface area (Å²) in [6.45, 7) is 3.96. The van der Waals surface area contributed by atoms with Gasteiger partial charge in [0.15, 0.2) is 5.16 Å². The van der Waals surface area contributed by atoms with Crippen molar-refractivity contribution in [1.82, 2.24) is 20.1 Å². The standard InChI is InChI=1S/C14H18N4O2S/c1-3-10(2)15-12(19)9-21-13-16-14(20)18(17-13)11-7-5-4-6-8-11/h4-8,10H,3,9H2,1-2H3,(H,15,19)(H,16,17,20)/t10-/m0/s1. The molecule has 1 aromatic carbocycles. The van der Waals surface area contributed by atoms with Crippen LogP contribution in [0, 0.1) is 0 Å². The van der Waals surface area contributed by atoms with Crippen molar-refractivity contribution < 1.29 is 4.79 Å². The molecule has 1 aromatic heterocycles. The molecule has 1 atom stereocenters. The van der Waals surface area contributed by atoms with Crippen molar-refractivity contribution >= 4 is 17.7 Å². The van der Waals surface area contributed by atoms with Crippen molar-refractivity contribution in [3.05, 3.63) is 40.8 Å². The molecular weight excluding hydrogens is 288 g/mol. The third kappa shape index (κ3) is 4.22. The SMILES string of the molecule is CC[C@H](C)NC(=O)CSc1nn(-c2ccccc2)c(=O)[nH]1. The van der Waals surface area contributed by atoms with Crippen LogP contribution in [0.2, 0.25) is 0 Å². The van der Waals surface area contributed by atoms with Crippen molar-refractivity contribution in [2.75, 3.05) is 5.75 Å². The smallest absolute Gasteiger partial charge is 0.348 e. The summed E-state index contributed by atoms with van der Waals surface area (Å²) < 4.78 is 1.29. The number of nitrogens with one attached hydrogen (secondary N) is 2. The first-order valence-corrected chi connectivity index (χ1v) is 7.75. The molecule has 0 fully saturated rings. The quantitative estimate of drug-likeness (QED) is 0.794. The van der Waals surface area contributed by atoms with E-state index in [9.17, 15) is 9.59 Å². The maximum Gasteiger partial charge on any atom is 0.348 e. The normalized spacial score (nSPS) is 12.1. The Balaban J connectivity index is 2.00. The van der Waals surface area contributed by atoms with E-state index in [2.05, 4.69) is 15.4 Å². The summed E-state index contributed by atoms with van der Waals surface area (Å²) in [6.07, 6.45) is 0.885. The van der Waals surface area contributed by atoms with Crippen LogP contribution in [0.15, 0.2) is 40.3 Å². The summed E-state index contributed by atoms with van der Waals surface area (Å²) in [7, 11) is 0. The number of hydrogen-bond donors (Lipinski definition) is 2. The number of amides is 1. The highest BCUT2D eigenvalue weighted by atomic mass is 32.2. The molecule has 0 radical (unpaired) electrons. The number of para-hydroxylation sites is 1. The fraction of sp³-hybridized carbons (Fsp3) is 0.357. The summed E-state index contributed by atoms with van der Waals surface area (Å²) in [5, 5.41) is 7.48. The lowest BCUT2D eigenvalue weighted by Crippen LogP contribution is -2.33. The van der Waals surface area contributed by atoms with Gasteiger partial charge < -0.3 is 5.32 Å². The molecule has 2 aromatic rings. The molecule has 0 saturated heterocycles. The highest BCUT2D eigenvalue weighted by Crippen LogP contribution is 2.11. The zero-order valence-electron chi connectivity index (χ0n) is 12.0. The average Bonchev–Trinajstić information content (AvgIpc) is 2.87. The number of hydrogen-bond acceptors (Lipinski definition) is 4. The number of aromatic nitrogens is 3. The van der Waals surface area contributed by atoms with Gasteiger partial charge in [0, 0.05) is 6.04 Å². The number of thioether (sulfide) groups is 1. The van der Waals surface area contributed by atoms with Crippen molar-refractivity contribution in [3.63, 3.8) is 0 Å². The molecule has 112 valence electrons. The molecule has 0 saturated carbocycles. The van der Waals surface area contributed by atoms with E-state index in [1.807, 2.05) is 32.0 Å². The number of aromatic amines is 1. The third-order valence-electron chi connectivity index (χ3n) is 2.96. The van der Waals surface area contributed by atoms with Crippen LogP contribution in [0.25, 0.3) is 5.69 Å². The van der Waals surface area contributed by atoms with E-state index < -0.39 is 0 Å². The molecule has 6 nitrogen and oxygen atoms in total. The van der Waals surface area contributed by atoms with Crippen LogP contribution in [0.3, 0.4) is 0 Å². The van der Waals surface area contributed by atoms with E-state index in [0.717, 1.165) is 6.42 Å². The summed E-state index contributed by atoms with van der Waals surface area (Å²) in [6, 6.07) is 9.29. The van der Waals surface area contributed by atoms with Gasteiger partial charge in [-0.1, -0.05) is 36.9 Å². The predicted molar refractivity (Wildman–Crippen MR) is 82.8 cm³/mol. The minimum absolute atomic E-state index is 0.0653. The molecule has 1 heterocycles. The number of rotatable bonds is 6. The Labute approximate surface area is 127 Å². The van der Waals surface area contributed by atoms with Gasteiger partial charge in [-0.25, -0.2) is 4.79 Å². The summed E-state index contributed by atoms with van der Waals surface area (Å²) in [5.74, 6) is 0.163. The minimum Gasteiger partial charge on any atom is -0.353 e. The number of carbonyl (C=O) groups excluding carboxylic acids is 1. The molecule has 1 amide bonds. The van der Waals surface area contributed by atoms with Gasteiger partial charge in [0.25, 0.3) is 0 Å². The number of benzene rings is 1. The van der Waals surface area contributed by atoms with E-state index in [-0.39, 0.29) is 23.4 Å². The fourth-order valence-electron chi connectivity index (χ4n) is 1.67. The molecule has 21 heavy (non-hydrogen) atoms. The first-order chi connectivity index (χ1) is 10.1. The molecule has 0 aliphatic rings. The largest absolute Gasteiger partial charge is 0.353 e. The zero-order chi connectivity index (χ0) is 15.2. The van der Waals surface area contributed by atoms with E-state index >= 15 is 0 Å². The van der Waals surface area contributed by atoms with Crippen molar-refractivity contribution in [2.24, 2.45) is 0 Å². The molecule has 7 heteroatoms. The van der Waals surface area contributed by atoms with E-state index in [0.29, 0.717) is 10.8 Å². The zero-order valence-corrected chi connectivity index (χ0v) is 12.8. The maximum absolute atomic E-state index is 11.8. The average molecular weight is 306 g/mol. The van der Waals surface area contributed by atoms with Gasteiger partial charge in [-0.05, 0) is 25.5 Å². The molecule has 0 aliphatic heterocycles. The van der Waals surface area contributed by atoms with Gasteiger partial charge in [0.2, 0.25) is 5.91 Å². The first-order valence-electron chi connectivity index (χ1n) is 6.77. The second-order valence-electron chi connectivity index (χ2n) is 4.65. The van der Waals surface area contributed by atoms with Gasteiger partial charge in [-0.15, -0.1) is 5.10 Å². The van der Waals surface area contributed by atoms with Gasteiger partial charge in [0.1, 0.15) is 0 Å². The van der Waals surface area contributed by atoms with Gasteiger partial charge >= 0.3 is 5.69 Å². The topological polar surface area (TPSA) is 79.8 Å². The first kappa shape index (κ1) is 15.4. The third-order valence-corrected chi connectivity index (χ3v) is 3.82. The molecule has 2 rings (SSSR count). The van der Waals surface area contributed by atoms with Crippen LogP contribution in [-0.2, 0) is 4.79 Å². The molecule has 0 bridgehead atoms. The Morgan fingerprint density at radius 2 is 2.14 bits per heavy atom. The van der Waals surface area contributed by atoms with Crippen molar-refractivity contribution in [3.8, 4) is 5.69 Å². The van der Waals surface area contributed by atoms with Crippen LogP contribution in [0.5, 0.6) is 0 Å². The van der Waals surface area contributed by atoms with E-state index in [4.69, 9.17) is 0 Å². The van der Waals surface area contributed by atoms with Crippen LogP contribution < -0.4 is 11.0 Å². The van der Waals surface area contributed by atoms with Crippen LogP contribution >= 0.6 is 11.8 Å². The molecule has 0 unspecified atom stereocenters. The second-order valence-corrected chi connectivity index (χ2v) is 5.61. The Morgan fingerprint density at radius 1 is 1.43 bits per heavy atom. The number of nitrogens with zero attached hydrogens (tertiary/aromatic N) is 2. The lowest BCUT2D eigenvalue weighted by atomic mass is 10.3. The van der Waals surface area contributed by atoms with Crippen molar-refractivity contribution in [1.29, 1.82) is 0 Å². The van der Waals surface area contributed by atoms with Crippen LogP contribution in [0.1, 0.15) is 20.3 Å². The maximum atomic E-state index is 11.8. The van der Waals surface area contributed by atoms with Crippen LogP contribution in [0.4, 0.5) is 0 Å². The highest BCUT2D eigenvalue weighted by Gasteiger charge is 2.10. The van der Waals surface area contributed by atoms with Gasteiger partial charge in [0.05, 0.1) is 11.4 Å². The van der Waals surface area contributed by atoms with Crippen LogP contribution in [-0.4, -0.2) is 32.5 Å². The summed E-state index contributed by atoms with van der Waals surface area (Å²) in [4.78, 5) is 26.2. The Bertz CT molecular complexity index is 650. The van der Waals surface area contributed by atoms with Crippen molar-refractivity contribution in [2.45, 2.75) is 31.5 Å². The van der Waals surface area contributed by atoms with E-state index in [1.165, 1.54) is 16.4 Å². The second kappa shape index (κ2) is 7.12. The highest BCUT2D eigenvalue weighted by molar-refractivity contribution is 7.99. The summed E-state index contributed by atoms with van der Waals surface area (Å²) >= 11 is 1.21. The molecule has 2 N–H and O–H groups in total. The number of H-pyrrole nitrogens is 1. The molecule has 0 spiro atoms. The Hall–Kier alpha value is -2.02. The molecular formula is C14H18N4O2S. The lowest BCUT2D eigenvalue weighted by molar-refractivity contribution is -0.119. The lowest BCUT2D eigenvalue weighted by Gasteiger charge is -2.10. The molecule has 0 aliphatic carbocycles. The monoisotopic (exact) mass is 306 g/mol. The Kier molecular flexibility index (Phi) is 5.21. The summed E-state index contributed by atoms with van der Waals surface area (Å²) in [5.41, 5.74) is 0.376. The fourth-order valence-corrected chi connectivity index (χ4v) is 2.32.